The Balaban J connectivity index is 1.36. The van der Waals surface area contributed by atoms with E-state index in [0.717, 1.165) is 24.2 Å². The van der Waals surface area contributed by atoms with Gasteiger partial charge in [0.1, 0.15) is 5.75 Å². The van der Waals surface area contributed by atoms with Gasteiger partial charge in [0.15, 0.2) is 0 Å². The SMILES string of the molecule is COc1ccc(-c2nnc(SCC(=O)N(Cc3ccsc3)C3CC3)o2)cc1. The number of benzene rings is 1. The fourth-order valence-electron chi connectivity index (χ4n) is 2.71. The van der Waals surface area contributed by atoms with Gasteiger partial charge in [0.2, 0.25) is 11.8 Å². The maximum atomic E-state index is 12.7. The largest absolute Gasteiger partial charge is 0.497 e. The third-order valence-corrected chi connectivity index (χ3v) is 5.84. The van der Waals surface area contributed by atoms with Crippen molar-refractivity contribution in [2.45, 2.75) is 30.7 Å². The van der Waals surface area contributed by atoms with Crippen molar-refractivity contribution in [3.05, 3.63) is 46.7 Å². The Bertz CT molecular complexity index is 889. The summed E-state index contributed by atoms with van der Waals surface area (Å²) in [5.74, 6) is 1.61. The van der Waals surface area contributed by atoms with Crippen LogP contribution in [0.2, 0.25) is 0 Å². The average Bonchev–Trinajstić information content (AvgIpc) is 3.20. The number of carbonyl (C=O) groups excluding carboxylic acids is 1. The summed E-state index contributed by atoms with van der Waals surface area (Å²) in [6.45, 7) is 0.675. The zero-order chi connectivity index (χ0) is 18.6. The highest BCUT2D eigenvalue weighted by atomic mass is 32.2. The first-order chi connectivity index (χ1) is 13.2. The summed E-state index contributed by atoms with van der Waals surface area (Å²) in [6.07, 6.45) is 2.17. The lowest BCUT2D eigenvalue weighted by atomic mass is 10.2. The van der Waals surface area contributed by atoms with Gasteiger partial charge in [-0.15, -0.1) is 10.2 Å². The Morgan fingerprint density at radius 2 is 2.11 bits per heavy atom. The molecule has 0 saturated heterocycles. The number of amides is 1. The van der Waals surface area contributed by atoms with E-state index in [1.807, 2.05) is 34.5 Å². The molecule has 2 heterocycles. The van der Waals surface area contributed by atoms with E-state index in [1.54, 1.807) is 18.4 Å². The van der Waals surface area contributed by atoms with E-state index in [-0.39, 0.29) is 5.91 Å². The fourth-order valence-corrected chi connectivity index (χ4v) is 4.02. The van der Waals surface area contributed by atoms with E-state index in [0.29, 0.717) is 29.5 Å². The molecule has 8 heteroatoms. The number of hydrogen-bond donors (Lipinski definition) is 0. The van der Waals surface area contributed by atoms with Crippen LogP contribution in [0.15, 0.2) is 50.7 Å². The summed E-state index contributed by atoms with van der Waals surface area (Å²) >= 11 is 2.94. The molecule has 0 aliphatic heterocycles. The average molecular weight is 402 g/mol. The summed E-state index contributed by atoms with van der Waals surface area (Å²) in [6, 6.07) is 9.85. The highest BCUT2D eigenvalue weighted by molar-refractivity contribution is 7.99. The predicted octanol–water partition coefficient (Wildman–Crippen LogP) is 4.09. The van der Waals surface area contributed by atoms with Crippen LogP contribution < -0.4 is 4.74 Å². The first-order valence-electron chi connectivity index (χ1n) is 8.64. The monoisotopic (exact) mass is 401 g/mol. The molecule has 1 saturated carbocycles. The lowest BCUT2D eigenvalue weighted by Crippen LogP contribution is -2.33. The molecule has 27 heavy (non-hydrogen) atoms. The molecule has 1 fully saturated rings. The Kier molecular flexibility index (Phi) is 5.45. The molecule has 0 bridgehead atoms. The van der Waals surface area contributed by atoms with E-state index >= 15 is 0 Å². The van der Waals surface area contributed by atoms with Gasteiger partial charge in [-0.05, 0) is 59.5 Å². The number of thioether (sulfide) groups is 1. The molecule has 1 aliphatic carbocycles. The zero-order valence-corrected chi connectivity index (χ0v) is 16.5. The van der Waals surface area contributed by atoms with Crippen LogP contribution in [0.4, 0.5) is 0 Å². The van der Waals surface area contributed by atoms with Crippen LogP contribution in [0.5, 0.6) is 5.75 Å². The number of hydrogen-bond acceptors (Lipinski definition) is 7. The van der Waals surface area contributed by atoms with Gasteiger partial charge in [-0.1, -0.05) is 11.8 Å². The molecule has 1 aliphatic rings. The van der Waals surface area contributed by atoms with Crippen LogP contribution in [0.3, 0.4) is 0 Å². The minimum Gasteiger partial charge on any atom is -0.497 e. The standard InChI is InChI=1S/C19H19N3O3S2/c1-24-16-6-2-14(3-7-16)18-20-21-19(25-18)27-12-17(23)22(15-4-5-15)10-13-8-9-26-11-13/h2-3,6-9,11,15H,4-5,10,12H2,1H3. The summed E-state index contributed by atoms with van der Waals surface area (Å²) in [5.41, 5.74) is 2.00. The maximum Gasteiger partial charge on any atom is 0.277 e. The molecule has 140 valence electrons. The molecule has 0 atom stereocenters. The lowest BCUT2D eigenvalue weighted by molar-refractivity contribution is -0.129. The van der Waals surface area contributed by atoms with Crippen molar-refractivity contribution < 1.29 is 13.9 Å². The summed E-state index contributed by atoms with van der Waals surface area (Å²) < 4.78 is 10.8. The topological polar surface area (TPSA) is 68.5 Å². The highest BCUT2D eigenvalue weighted by Crippen LogP contribution is 2.30. The van der Waals surface area contributed by atoms with E-state index in [4.69, 9.17) is 9.15 Å². The summed E-state index contributed by atoms with van der Waals surface area (Å²) in [7, 11) is 1.62. The van der Waals surface area contributed by atoms with Gasteiger partial charge in [0, 0.05) is 18.2 Å². The van der Waals surface area contributed by atoms with E-state index in [9.17, 15) is 4.79 Å². The Hall–Kier alpha value is -2.32. The van der Waals surface area contributed by atoms with Gasteiger partial charge in [-0.2, -0.15) is 11.3 Å². The molecule has 6 nitrogen and oxygen atoms in total. The van der Waals surface area contributed by atoms with Gasteiger partial charge in [0.25, 0.3) is 5.22 Å². The first kappa shape index (κ1) is 18.1. The molecular formula is C19H19N3O3S2. The summed E-state index contributed by atoms with van der Waals surface area (Å²) in [4.78, 5) is 14.6. The number of methoxy groups -OCH3 is 1. The Morgan fingerprint density at radius 3 is 2.78 bits per heavy atom. The second-order valence-electron chi connectivity index (χ2n) is 6.27. The third-order valence-electron chi connectivity index (χ3n) is 4.30. The molecule has 2 aromatic heterocycles. The number of aromatic nitrogens is 2. The summed E-state index contributed by atoms with van der Waals surface area (Å²) in [5, 5.41) is 12.7. The number of rotatable bonds is 8. The second-order valence-corrected chi connectivity index (χ2v) is 7.98. The molecule has 0 radical (unpaired) electrons. The van der Waals surface area contributed by atoms with Crippen molar-refractivity contribution in [3.8, 4) is 17.2 Å². The Labute approximate surface area is 165 Å². The molecular weight excluding hydrogens is 382 g/mol. The molecule has 3 aromatic rings. The highest BCUT2D eigenvalue weighted by Gasteiger charge is 2.32. The number of nitrogens with zero attached hydrogens (tertiary/aromatic N) is 3. The van der Waals surface area contributed by atoms with Gasteiger partial charge in [-0.3, -0.25) is 4.79 Å². The predicted molar refractivity (Wildman–Crippen MR) is 105 cm³/mol. The quantitative estimate of drug-likeness (QED) is 0.530. The third kappa shape index (κ3) is 4.51. The molecule has 1 amide bonds. The van der Waals surface area contributed by atoms with Crippen LogP contribution in [-0.4, -0.2) is 39.9 Å². The van der Waals surface area contributed by atoms with Crippen molar-refractivity contribution in [2.24, 2.45) is 0 Å². The van der Waals surface area contributed by atoms with E-state index in [2.05, 4.69) is 21.6 Å². The number of thiophene rings is 1. The zero-order valence-electron chi connectivity index (χ0n) is 14.8. The normalized spacial score (nSPS) is 13.5. The first-order valence-corrected chi connectivity index (χ1v) is 10.6. The van der Waals surface area contributed by atoms with E-state index in [1.165, 1.54) is 17.3 Å². The maximum absolute atomic E-state index is 12.7. The van der Waals surface area contributed by atoms with Crippen molar-refractivity contribution in [1.29, 1.82) is 0 Å². The van der Waals surface area contributed by atoms with Gasteiger partial charge < -0.3 is 14.1 Å². The van der Waals surface area contributed by atoms with Gasteiger partial charge in [-0.25, -0.2) is 0 Å². The van der Waals surface area contributed by atoms with Crippen LogP contribution >= 0.6 is 23.1 Å². The molecule has 0 unspecified atom stereocenters. The van der Waals surface area contributed by atoms with E-state index < -0.39 is 0 Å². The van der Waals surface area contributed by atoms with Crippen LogP contribution in [0, 0.1) is 0 Å². The number of carbonyl (C=O) groups is 1. The number of ether oxygens (including phenoxy) is 1. The smallest absolute Gasteiger partial charge is 0.277 e. The molecule has 4 rings (SSSR count). The van der Waals surface area contributed by atoms with Gasteiger partial charge in [0.05, 0.1) is 12.9 Å². The molecule has 0 spiro atoms. The van der Waals surface area contributed by atoms with Crippen LogP contribution in [-0.2, 0) is 11.3 Å². The van der Waals surface area contributed by atoms with Crippen molar-refractivity contribution in [2.75, 3.05) is 12.9 Å². The second kappa shape index (κ2) is 8.14. The van der Waals surface area contributed by atoms with Crippen molar-refractivity contribution in [1.82, 2.24) is 15.1 Å². The minimum atomic E-state index is 0.109. The van der Waals surface area contributed by atoms with Crippen LogP contribution in [0.25, 0.3) is 11.5 Å². The van der Waals surface area contributed by atoms with Crippen molar-refractivity contribution in [3.63, 3.8) is 0 Å². The minimum absolute atomic E-state index is 0.109. The van der Waals surface area contributed by atoms with Crippen LogP contribution in [0.1, 0.15) is 18.4 Å². The lowest BCUT2D eigenvalue weighted by Gasteiger charge is -2.21. The molecule has 1 aromatic carbocycles. The fraction of sp³-hybridized carbons (Fsp3) is 0.316. The van der Waals surface area contributed by atoms with Crippen molar-refractivity contribution >= 4 is 29.0 Å². The molecule has 0 N–H and O–H groups in total. The van der Waals surface area contributed by atoms with Gasteiger partial charge >= 0.3 is 0 Å². The Morgan fingerprint density at radius 1 is 1.30 bits per heavy atom.